The van der Waals surface area contributed by atoms with Crippen LogP contribution < -0.4 is 5.32 Å². The molecule has 3 nitrogen and oxygen atoms in total. The number of hydrogen-bond donors (Lipinski definition) is 1. The van der Waals surface area contributed by atoms with E-state index in [0.717, 1.165) is 44.1 Å². The van der Waals surface area contributed by atoms with Crippen molar-refractivity contribution in [2.75, 3.05) is 6.54 Å². The highest BCUT2D eigenvalue weighted by molar-refractivity contribution is 5.87. The van der Waals surface area contributed by atoms with Crippen LogP contribution in [-0.2, 0) is 9.59 Å². The van der Waals surface area contributed by atoms with E-state index in [2.05, 4.69) is 19.2 Å². The van der Waals surface area contributed by atoms with Gasteiger partial charge in [-0.1, -0.05) is 58.1 Å². The van der Waals surface area contributed by atoms with E-state index in [-0.39, 0.29) is 5.91 Å². The molecule has 0 aromatic heterocycles. The first-order valence-electron chi connectivity index (χ1n) is 9.16. The van der Waals surface area contributed by atoms with Crippen molar-refractivity contribution in [3.8, 4) is 0 Å². The average molecular weight is 322 g/mol. The summed E-state index contributed by atoms with van der Waals surface area (Å²) in [7, 11) is 0. The average Bonchev–Trinajstić information content (AvgIpc) is 2.53. The van der Waals surface area contributed by atoms with Gasteiger partial charge in [0.25, 0.3) is 0 Å². The fraction of sp³-hybridized carbons (Fsp3) is 0.700. The molecule has 0 rings (SSSR count). The van der Waals surface area contributed by atoms with Crippen molar-refractivity contribution >= 4 is 12.2 Å². The zero-order valence-corrected chi connectivity index (χ0v) is 15.3. The molecule has 0 spiro atoms. The van der Waals surface area contributed by atoms with Gasteiger partial charge in [0.05, 0.1) is 0 Å². The van der Waals surface area contributed by atoms with E-state index in [1.807, 2.05) is 19.1 Å². The third kappa shape index (κ3) is 15.3. The number of rotatable bonds is 14. The Labute approximate surface area is 142 Å². The molecular weight excluding hydrogens is 286 g/mol. The monoisotopic (exact) mass is 321 g/mol. The van der Waals surface area contributed by atoms with Gasteiger partial charge in [0.1, 0.15) is 6.29 Å². The number of nitrogens with one attached hydrogen (secondary N) is 1. The summed E-state index contributed by atoms with van der Waals surface area (Å²) in [6, 6.07) is 0. The Bertz CT molecular complexity index is 372. The quantitative estimate of drug-likeness (QED) is 0.279. The molecule has 1 atom stereocenters. The SMILES string of the molecule is CCCCCCCCNC(=O)/C=C/CC(C)CC/C=C(\C)C=O. The first-order valence-corrected chi connectivity index (χ1v) is 9.16. The molecule has 0 radical (unpaired) electrons. The third-order valence-corrected chi connectivity index (χ3v) is 3.95. The molecule has 0 aliphatic rings. The largest absolute Gasteiger partial charge is 0.353 e. The maximum absolute atomic E-state index is 11.7. The van der Waals surface area contributed by atoms with Gasteiger partial charge in [-0.3, -0.25) is 9.59 Å². The van der Waals surface area contributed by atoms with Gasteiger partial charge in [-0.25, -0.2) is 0 Å². The van der Waals surface area contributed by atoms with E-state index in [4.69, 9.17) is 0 Å². The lowest BCUT2D eigenvalue weighted by Gasteiger charge is -2.06. The summed E-state index contributed by atoms with van der Waals surface area (Å²) in [5.74, 6) is 0.538. The van der Waals surface area contributed by atoms with Gasteiger partial charge in [0.2, 0.25) is 5.91 Å². The van der Waals surface area contributed by atoms with Gasteiger partial charge in [-0.05, 0) is 50.2 Å². The lowest BCUT2D eigenvalue weighted by Crippen LogP contribution is -2.22. The standard InChI is InChI=1S/C20H35NO2/c1-4-5-6-7-8-9-16-21-20(23)15-11-13-18(2)12-10-14-19(3)17-22/h11,14-15,17-18H,4-10,12-13,16H2,1-3H3,(H,21,23)/b15-11+,19-14+. The number of carbonyl (C=O) groups is 2. The molecule has 1 amide bonds. The highest BCUT2D eigenvalue weighted by atomic mass is 16.1. The van der Waals surface area contributed by atoms with Crippen LogP contribution in [0.1, 0.15) is 78.6 Å². The van der Waals surface area contributed by atoms with Gasteiger partial charge >= 0.3 is 0 Å². The number of unbranched alkanes of at least 4 members (excludes halogenated alkanes) is 5. The third-order valence-electron chi connectivity index (χ3n) is 3.95. The Hall–Kier alpha value is -1.38. The molecule has 1 N–H and O–H groups in total. The van der Waals surface area contributed by atoms with Crippen molar-refractivity contribution in [3.05, 3.63) is 23.8 Å². The van der Waals surface area contributed by atoms with Crippen LogP contribution in [-0.4, -0.2) is 18.7 Å². The minimum atomic E-state index is 0.0162. The summed E-state index contributed by atoms with van der Waals surface area (Å²) >= 11 is 0. The van der Waals surface area contributed by atoms with Crippen molar-refractivity contribution in [3.63, 3.8) is 0 Å². The number of carbonyl (C=O) groups excluding carboxylic acids is 2. The summed E-state index contributed by atoms with van der Waals surface area (Å²) in [4.78, 5) is 22.1. The van der Waals surface area contributed by atoms with E-state index >= 15 is 0 Å². The molecule has 3 heteroatoms. The minimum absolute atomic E-state index is 0.0162. The molecule has 1 unspecified atom stereocenters. The predicted octanol–water partition coefficient (Wildman–Crippen LogP) is 4.97. The lowest BCUT2D eigenvalue weighted by molar-refractivity contribution is -0.116. The minimum Gasteiger partial charge on any atom is -0.353 e. The van der Waals surface area contributed by atoms with E-state index in [1.54, 1.807) is 6.08 Å². The molecule has 0 saturated carbocycles. The Morgan fingerprint density at radius 2 is 1.83 bits per heavy atom. The van der Waals surface area contributed by atoms with E-state index < -0.39 is 0 Å². The smallest absolute Gasteiger partial charge is 0.243 e. The molecule has 0 bridgehead atoms. The zero-order valence-electron chi connectivity index (χ0n) is 15.3. The Balaban J connectivity index is 3.61. The second-order valence-corrected chi connectivity index (χ2v) is 6.45. The fourth-order valence-corrected chi connectivity index (χ4v) is 2.34. The summed E-state index contributed by atoms with van der Waals surface area (Å²) in [6.45, 7) is 6.99. The summed E-state index contributed by atoms with van der Waals surface area (Å²) in [5.41, 5.74) is 0.793. The van der Waals surface area contributed by atoms with Crippen LogP contribution in [0.15, 0.2) is 23.8 Å². The van der Waals surface area contributed by atoms with Gasteiger partial charge in [0.15, 0.2) is 0 Å². The van der Waals surface area contributed by atoms with Crippen LogP contribution in [0.25, 0.3) is 0 Å². The maximum atomic E-state index is 11.7. The highest BCUT2D eigenvalue weighted by Gasteiger charge is 2.00. The van der Waals surface area contributed by atoms with E-state index in [0.29, 0.717) is 5.92 Å². The Kier molecular flexibility index (Phi) is 14.6. The number of allylic oxidation sites excluding steroid dienone is 3. The van der Waals surface area contributed by atoms with Crippen molar-refractivity contribution in [1.82, 2.24) is 5.32 Å². The van der Waals surface area contributed by atoms with E-state index in [9.17, 15) is 9.59 Å². The molecule has 0 aromatic carbocycles. The van der Waals surface area contributed by atoms with Crippen molar-refractivity contribution in [1.29, 1.82) is 0 Å². The van der Waals surface area contributed by atoms with Crippen molar-refractivity contribution < 1.29 is 9.59 Å². The fourth-order valence-electron chi connectivity index (χ4n) is 2.34. The molecule has 132 valence electrons. The topological polar surface area (TPSA) is 46.2 Å². The second-order valence-electron chi connectivity index (χ2n) is 6.45. The first kappa shape index (κ1) is 21.6. The Morgan fingerprint density at radius 1 is 1.13 bits per heavy atom. The number of amides is 1. The molecule has 0 fully saturated rings. The van der Waals surface area contributed by atoms with Crippen LogP contribution in [0.2, 0.25) is 0 Å². The maximum Gasteiger partial charge on any atom is 0.243 e. The summed E-state index contributed by atoms with van der Waals surface area (Å²) in [5, 5.41) is 2.94. The molecule has 0 aliphatic carbocycles. The van der Waals surface area contributed by atoms with E-state index in [1.165, 1.54) is 32.1 Å². The van der Waals surface area contributed by atoms with Crippen LogP contribution in [0.5, 0.6) is 0 Å². The van der Waals surface area contributed by atoms with Crippen LogP contribution >= 0.6 is 0 Å². The molecule has 23 heavy (non-hydrogen) atoms. The molecular formula is C20H35NO2. The highest BCUT2D eigenvalue weighted by Crippen LogP contribution is 2.12. The molecule has 0 heterocycles. The number of aldehydes is 1. The first-order chi connectivity index (χ1) is 11.1. The zero-order chi connectivity index (χ0) is 17.3. The molecule has 0 aliphatic heterocycles. The normalized spacial score (nSPS) is 13.3. The lowest BCUT2D eigenvalue weighted by atomic mass is 10.0. The Morgan fingerprint density at radius 3 is 2.52 bits per heavy atom. The predicted molar refractivity (Wildman–Crippen MR) is 98.4 cm³/mol. The van der Waals surface area contributed by atoms with Crippen LogP contribution in [0, 0.1) is 5.92 Å². The van der Waals surface area contributed by atoms with Gasteiger partial charge in [-0.15, -0.1) is 0 Å². The second kappa shape index (κ2) is 15.5. The summed E-state index contributed by atoms with van der Waals surface area (Å²) in [6.07, 6.45) is 16.8. The summed E-state index contributed by atoms with van der Waals surface area (Å²) < 4.78 is 0. The van der Waals surface area contributed by atoms with Crippen molar-refractivity contribution in [2.45, 2.75) is 78.6 Å². The van der Waals surface area contributed by atoms with Crippen LogP contribution in [0.3, 0.4) is 0 Å². The van der Waals surface area contributed by atoms with Gasteiger partial charge < -0.3 is 5.32 Å². The molecule has 0 saturated heterocycles. The van der Waals surface area contributed by atoms with Crippen LogP contribution in [0.4, 0.5) is 0 Å². The number of hydrogen-bond acceptors (Lipinski definition) is 2. The van der Waals surface area contributed by atoms with Gasteiger partial charge in [0, 0.05) is 6.54 Å². The van der Waals surface area contributed by atoms with Gasteiger partial charge in [-0.2, -0.15) is 0 Å². The van der Waals surface area contributed by atoms with Crippen molar-refractivity contribution in [2.24, 2.45) is 5.92 Å². The molecule has 0 aromatic rings.